The van der Waals surface area contributed by atoms with Crippen molar-refractivity contribution in [1.82, 2.24) is 4.57 Å². The molecule has 1 N–H and O–H groups in total. The van der Waals surface area contributed by atoms with Gasteiger partial charge in [0.05, 0.1) is 17.3 Å². The van der Waals surface area contributed by atoms with Gasteiger partial charge in [-0.05, 0) is 30.3 Å². The number of hydrogen-bond acceptors (Lipinski definition) is 1. The molecule has 0 unspecified atom stereocenters. The van der Waals surface area contributed by atoms with Crippen LogP contribution >= 0.6 is 23.2 Å². The fraction of sp³-hybridized carbons (Fsp3) is 0.0909. The average molecular weight is 242 g/mol. The van der Waals surface area contributed by atoms with Crippen LogP contribution in [0, 0.1) is 0 Å². The average Bonchev–Trinajstić information content (AvgIpc) is 2.69. The summed E-state index contributed by atoms with van der Waals surface area (Å²) in [6.07, 6.45) is 1.84. The predicted octanol–water partition coefficient (Wildman–Crippen LogP) is 3.28. The van der Waals surface area contributed by atoms with Gasteiger partial charge in [-0.25, -0.2) is 0 Å². The van der Waals surface area contributed by atoms with Crippen molar-refractivity contribution in [3.8, 4) is 5.69 Å². The first-order valence-electron chi connectivity index (χ1n) is 4.45. The molecule has 0 spiro atoms. The van der Waals surface area contributed by atoms with Crippen LogP contribution in [-0.4, -0.2) is 9.67 Å². The third-order valence-corrected chi connectivity index (χ3v) is 2.72. The van der Waals surface area contributed by atoms with Gasteiger partial charge >= 0.3 is 0 Å². The third kappa shape index (κ3) is 2.02. The Morgan fingerprint density at radius 3 is 2.73 bits per heavy atom. The van der Waals surface area contributed by atoms with Gasteiger partial charge in [0.1, 0.15) is 0 Å². The summed E-state index contributed by atoms with van der Waals surface area (Å²) in [6, 6.07) is 8.92. The van der Waals surface area contributed by atoms with Crippen LogP contribution in [0.5, 0.6) is 0 Å². The normalized spacial score (nSPS) is 10.6. The molecular weight excluding hydrogens is 233 g/mol. The molecule has 1 aromatic carbocycles. The zero-order chi connectivity index (χ0) is 10.8. The van der Waals surface area contributed by atoms with E-state index in [4.69, 9.17) is 28.3 Å². The van der Waals surface area contributed by atoms with Crippen molar-refractivity contribution < 1.29 is 5.11 Å². The summed E-state index contributed by atoms with van der Waals surface area (Å²) in [4.78, 5) is 0. The standard InChI is InChI=1S/C11H9Cl2NO/c12-8-3-4-10(13)11(6-8)14-5-1-2-9(14)7-15/h1-6,15H,7H2. The molecule has 0 aliphatic carbocycles. The fourth-order valence-corrected chi connectivity index (χ4v) is 1.83. The van der Waals surface area contributed by atoms with E-state index in [2.05, 4.69) is 0 Å². The molecule has 1 aromatic heterocycles. The van der Waals surface area contributed by atoms with Crippen LogP contribution in [0.4, 0.5) is 0 Å². The Kier molecular flexibility index (Phi) is 3.00. The second-order valence-corrected chi connectivity index (χ2v) is 3.97. The zero-order valence-corrected chi connectivity index (χ0v) is 9.33. The molecule has 1 heterocycles. The summed E-state index contributed by atoms with van der Waals surface area (Å²) in [6.45, 7) is -0.0319. The van der Waals surface area contributed by atoms with Gasteiger partial charge in [-0.2, -0.15) is 0 Å². The van der Waals surface area contributed by atoms with Crippen LogP contribution in [0.3, 0.4) is 0 Å². The van der Waals surface area contributed by atoms with Crippen LogP contribution in [-0.2, 0) is 6.61 Å². The molecule has 0 fully saturated rings. The lowest BCUT2D eigenvalue weighted by Gasteiger charge is -2.09. The largest absolute Gasteiger partial charge is 0.390 e. The molecule has 78 valence electrons. The van der Waals surface area contributed by atoms with Crippen molar-refractivity contribution in [1.29, 1.82) is 0 Å². The second-order valence-electron chi connectivity index (χ2n) is 3.12. The lowest BCUT2D eigenvalue weighted by molar-refractivity contribution is 0.274. The summed E-state index contributed by atoms with van der Waals surface area (Å²) < 4.78 is 1.81. The van der Waals surface area contributed by atoms with Gasteiger partial charge in [-0.15, -0.1) is 0 Å². The molecule has 4 heteroatoms. The quantitative estimate of drug-likeness (QED) is 0.858. The molecule has 2 nitrogen and oxygen atoms in total. The molecule has 15 heavy (non-hydrogen) atoms. The van der Waals surface area contributed by atoms with E-state index in [1.54, 1.807) is 18.2 Å². The van der Waals surface area contributed by atoms with Gasteiger partial charge in [-0.3, -0.25) is 0 Å². The van der Waals surface area contributed by atoms with Crippen molar-refractivity contribution in [3.63, 3.8) is 0 Å². The lowest BCUT2D eigenvalue weighted by atomic mass is 10.3. The van der Waals surface area contributed by atoms with Crippen molar-refractivity contribution in [2.75, 3.05) is 0 Å². The summed E-state index contributed by atoms with van der Waals surface area (Å²) in [7, 11) is 0. The molecule has 2 aromatic rings. The zero-order valence-electron chi connectivity index (χ0n) is 7.82. The minimum Gasteiger partial charge on any atom is -0.390 e. The maximum absolute atomic E-state index is 9.13. The molecule has 0 bridgehead atoms. The number of aliphatic hydroxyl groups is 1. The Hall–Kier alpha value is -0.960. The summed E-state index contributed by atoms with van der Waals surface area (Å²) in [5.74, 6) is 0. The van der Waals surface area contributed by atoms with E-state index in [9.17, 15) is 0 Å². The van der Waals surface area contributed by atoms with Gasteiger partial charge in [0.15, 0.2) is 0 Å². The van der Waals surface area contributed by atoms with Crippen molar-refractivity contribution in [2.45, 2.75) is 6.61 Å². The van der Waals surface area contributed by atoms with Crippen LogP contribution < -0.4 is 0 Å². The highest BCUT2D eigenvalue weighted by Gasteiger charge is 2.06. The van der Waals surface area contributed by atoms with Crippen LogP contribution in [0.25, 0.3) is 5.69 Å². The number of aromatic nitrogens is 1. The van der Waals surface area contributed by atoms with Crippen LogP contribution in [0.1, 0.15) is 5.69 Å². The second kappa shape index (κ2) is 4.27. The molecular formula is C11H9Cl2NO. The van der Waals surface area contributed by atoms with E-state index in [1.807, 2.05) is 22.9 Å². The highest BCUT2D eigenvalue weighted by molar-refractivity contribution is 6.34. The smallest absolute Gasteiger partial charge is 0.0836 e. The first kappa shape index (κ1) is 10.6. The number of nitrogens with zero attached hydrogens (tertiary/aromatic N) is 1. The highest BCUT2D eigenvalue weighted by Crippen LogP contribution is 2.25. The number of hydrogen-bond donors (Lipinski definition) is 1. The van der Waals surface area contributed by atoms with E-state index in [-0.39, 0.29) is 6.61 Å². The van der Waals surface area contributed by atoms with E-state index in [0.29, 0.717) is 10.0 Å². The van der Waals surface area contributed by atoms with Gasteiger partial charge in [-0.1, -0.05) is 23.2 Å². The number of aliphatic hydroxyl groups excluding tert-OH is 1. The summed E-state index contributed by atoms with van der Waals surface area (Å²) in [5.41, 5.74) is 1.55. The first-order valence-corrected chi connectivity index (χ1v) is 5.20. The minimum atomic E-state index is -0.0319. The van der Waals surface area contributed by atoms with E-state index in [0.717, 1.165) is 11.4 Å². The molecule has 0 saturated carbocycles. The molecule has 0 saturated heterocycles. The Morgan fingerprint density at radius 1 is 1.20 bits per heavy atom. The SMILES string of the molecule is OCc1cccn1-c1cc(Cl)ccc1Cl. The monoisotopic (exact) mass is 241 g/mol. The predicted molar refractivity (Wildman–Crippen MR) is 61.7 cm³/mol. The Morgan fingerprint density at radius 2 is 2.00 bits per heavy atom. The van der Waals surface area contributed by atoms with Gasteiger partial charge in [0.2, 0.25) is 0 Å². The third-order valence-electron chi connectivity index (χ3n) is 2.16. The van der Waals surface area contributed by atoms with Gasteiger partial charge in [0, 0.05) is 16.9 Å². The fourth-order valence-electron chi connectivity index (χ4n) is 1.45. The molecule has 0 radical (unpaired) electrons. The van der Waals surface area contributed by atoms with Gasteiger partial charge in [0.25, 0.3) is 0 Å². The molecule has 0 atom stereocenters. The van der Waals surface area contributed by atoms with Crippen LogP contribution in [0.2, 0.25) is 10.0 Å². The Bertz CT molecular complexity index is 479. The number of rotatable bonds is 2. The van der Waals surface area contributed by atoms with Gasteiger partial charge < -0.3 is 9.67 Å². The van der Waals surface area contributed by atoms with E-state index >= 15 is 0 Å². The van der Waals surface area contributed by atoms with Crippen molar-refractivity contribution in [3.05, 3.63) is 52.3 Å². The topological polar surface area (TPSA) is 25.2 Å². The molecule has 0 aliphatic rings. The highest BCUT2D eigenvalue weighted by atomic mass is 35.5. The van der Waals surface area contributed by atoms with E-state index < -0.39 is 0 Å². The Balaban J connectivity index is 2.58. The summed E-state index contributed by atoms with van der Waals surface area (Å²) >= 11 is 12.0. The number of halogens is 2. The molecule has 2 rings (SSSR count). The first-order chi connectivity index (χ1) is 7.22. The van der Waals surface area contributed by atoms with Crippen molar-refractivity contribution in [2.24, 2.45) is 0 Å². The summed E-state index contributed by atoms with van der Waals surface area (Å²) in [5, 5.41) is 10.4. The molecule has 0 amide bonds. The lowest BCUT2D eigenvalue weighted by Crippen LogP contribution is -1.99. The van der Waals surface area contributed by atoms with Crippen LogP contribution in [0.15, 0.2) is 36.5 Å². The number of benzene rings is 1. The minimum absolute atomic E-state index is 0.0319. The molecule has 0 aliphatic heterocycles. The Labute approximate surface area is 97.7 Å². The maximum Gasteiger partial charge on any atom is 0.0836 e. The maximum atomic E-state index is 9.13. The van der Waals surface area contributed by atoms with Crippen molar-refractivity contribution >= 4 is 23.2 Å². The van der Waals surface area contributed by atoms with E-state index in [1.165, 1.54) is 0 Å².